The monoisotopic (exact) mass is 351 g/mol. The van der Waals surface area contributed by atoms with E-state index < -0.39 is 0 Å². The van der Waals surface area contributed by atoms with Gasteiger partial charge < -0.3 is 9.64 Å². The number of benzene rings is 1. The van der Waals surface area contributed by atoms with Gasteiger partial charge in [-0.25, -0.2) is 0 Å². The molecule has 0 aliphatic carbocycles. The van der Waals surface area contributed by atoms with Crippen molar-refractivity contribution in [2.45, 2.75) is 37.8 Å². The van der Waals surface area contributed by atoms with Crippen molar-refractivity contribution in [3.8, 4) is 16.9 Å². The first-order valence-electron chi connectivity index (χ1n) is 9.34. The molecule has 0 radical (unpaired) electrons. The lowest BCUT2D eigenvalue weighted by atomic mass is 9.96. The summed E-state index contributed by atoms with van der Waals surface area (Å²) in [6.45, 7) is 3.48. The lowest BCUT2D eigenvalue weighted by Gasteiger charge is -2.23. The van der Waals surface area contributed by atoms with Crippen molar-refractivity contribution in [1.82, 2.24) is 15.2 Å². The van der Waals surface area contributed by atoms with Crippen LogP contribution in [0.25, 0.3) is 11.1 Å². The molecule has 4 rings (SSSR count). The van der Waals surface area contributed by atoms with E-state index in [9.17, 15) is 4.79 Å². The van der Waals surface area contributed by atoms with Crippen LogP contribution in [0.4, 0.5) is 0 Å². The third-order valence-electron chi connectivity index (χ3n) is 5.58. The van der Waals surface area contributed by atoms with Crippen LogP contribution in [0.3, 0.4) is 0 Å². The minimum Gasteiger partial charge on any atom is -0.494 e. The molecular weight excluding hydrogens is 326 g/mol. The largest absolute Gasteiger partial charge is 0.494 e. The highest BCUT2D eigenvalue weighted by atomic mass is 16.5. The van der Waals surface area contributed by atoms with Crippen molar-refractivity contribution in [2.24, 2.45) is 0 Å². The maximum Gasteiger partial charge on any atom is 0.242 e. The van der Waals surface area contributed by atoms with Crippen LogP contribution in [0.2, 0.25) is 0 Å². The molecule has 136 valence electrons. The lowest BCUT2D eigenvalue weighted by Crippen LogP contribution is -2.47. The van der Waals surface area contributed by atoms with Crippen molar-refractivity contribution < 1.29 is 9.53 Å². The quantitative estimate of drug-likeness (QED) is 0.919. The van der Waals surface area contributed by atoms with Gasteiger partial charge in [-0.1, -0.05) is 12.1 Å². The van der Waals surface area contributed by atoms with Gasteiger partial charge in [0.1, 0.15) is 11.3 Å². The molecule has 1 amide bonds. The summed E-state index contributed by atoms with van der Waals surface area (Å²) in [6, 6.07) is 12.4. The Morgan fingerprint density at radius 2 is 2.04 bits per heavy atom. The van der Waals surface area contributed by atoms with E-state index in [0.717, 1.165) is 48.4 Å². The van der Waals surface area contributed by atoms with E-state index in [2.05, 4.69) is 28.5 Å². The number of hydrogen-bond acceptors (Lipinski definition) is 4. The lowest BCUT2D eigenvalue weighted by molar-refractivity contribution is -0.131. The first-order chi connectivity index (χ1) is 12.6. The standard InChI is InChI=1S/C21H25N3O2/c1-3-26-17-6-4-15(5-7-17)16-9-12-22-19(14-16)18-8-10-21(23-18)11-13-24(2)20(21)25/h4-7,9,12,14,18,23H,3,8,10-11,13H2,1-2H3/t18-,21+/m1/s1. The van der Waals surface area contributed by atoms with Gasteiger partial charge in [-0.05, 0) is 61.6 Å². The Balaban J connectivity index is 1.54. The summed E-state index contributed by atoms with van der Waals surface area (Å²) < 4.78 is 5.52. The molecule has 1 aromatic heterocycles. The van der Waals surface area contributed by atoms with Crippen LogP contribution in [0, 0.1) is 0 Å². The minimum atomic E-state index is -0.379. The molecule has 2 fully saturated rings. The van der Waals surface area contributed by atoms with Crippen LogP contribution in [0.5, 0.6) is 5.75 Å². The zero-order chi connectivity index (χ0) is 18.1. The van der Waals surface area contributed by atoms with Crippen LogP contribution in [0.15, 0.2) is 42.6 Å². The Morgan fingerprint density at radius 1 is 1.23 bits per heavy atom. The zero-order valence-corrected chi connectivity index (χ0v) is 15.4. The van der Waals surface area contributed by atoms with Gasteiger partial charge in [0, 0.05) is 19.8 Å². The van der Waals surface area contributed by atoms with Crippen LogP contribution < -0.4 is 10.1 Å². The maximum absolute atomic E-state index is 12.5. The van der Waals surface area contributed by atoms with Crippen molar-refractivity contribution in [3.63, 3.8) is 0 Å². The predicted octanol–water partition coefficient (Wildman–Crippen LogP) is 3.17. The van der Waals surface area contributed by atoms with Crippen LogP contribution in [0.1, 0.15) is 37.9 Å². The van der Waals surface area contributed by atoms with E-state index in [1.165, 1.54) is 0 Å². The molecule has 2 atom stereocenters. The molecule has 0 saturated carbocycles. The van der Waals surface area contributed by atoms with E-state index in [0.29, 0.717) is 6.61 Å². The number of aromatic nitrogens is 1. The number of pyridine rings is 1. The Bertz CT molecular complexity index is 805. The number of carbonyl (C=O) groups excluding carboxylic acids is 1. The summed E-state index contributed by atoms with van der Waals surface area (Å²) in [5.41, 5.74) is 2.91. The summed E-state index contributed by atoms with van der Waals surface area (Å²) in [5, 5.41) is 3.59. The number of likely N-dealkylation sites (N-methyl/N-ethyl adjacent to an activating group) is 1. The molecule has 5 heteroatoms. The van der Waals surface area contributed by atoms with E-state index in [1.54, 1.807) is 0 Å². The number of nitrogens with zero attached hydrogens (tertiary/aromatic N) is 2. The van der Waals surface area contributed by atoms with E-state index >= 15 is 0 Å². The van der Waals surface area contributed by atoms with Crippen LogP contribution in [-0.4, -0.2) is 41.5 Å². The highest BCUT2D eigenvalue weighted by Gasteiger charge is 2.50. The van der Waals surface area contributed by atoms with Gasteiger partial charge in [-0.2, -0.15) is 0 Å². The third-order valence-corrected chi connectivity index (χ3v) is 5.58. The Morgan fingerprint density at radius 3 is 2.73 bits per heavy atom. The number of nitrogens with one attached hydrogen (secondary N) is 1. The number of ether oxygens (including phenoxy) is 1. The van der Waals surface area contributed by atoms with Gasteiger partial charge in [0.2, 0.25) is 5.91 Å². The second-order valence-corrected chi connectivity index (χ2v) is 7.22. The third kappa shape index (κ3) is 2.97. The van der Waals surface area contributed by atoms with Gasteiger partial charge in [0.15, 0.2) is 0 Å². The molecule has 2 aromatic rings. The molecule has 1 N–H and O–H groups in total. The molecule has 1 aromatic carbocycles. The van der Waals surface area contributed by atoms with E-state index in [1.807, 2.05) is 43.3 Å². The number of likely N-dealkylation sites (tertiary alicyclic amines) is 1. The normalized spacial score (nSPS) is 25.2. The molecule has 1 spiro atoms. The molecule has 3 heterocycles. The average molecular weight is 351 g/mol. The molecule has 26 heavy (non-hydrogen) atoms. The van der Waals surface area contributed by atoms with Crippen molar-refractivity contribution >= 4 is 5.91 Å². The van der Waals surface area contributed by atoms with E-state index in [-0.39, 0.29) is 17.5 Å². The topological polar surface area (TPSA) is 54.5 Å². The van der Waals surface area contributed by atoms with Crippen molar-refractivity contribution in [3.05, 3.63) is 48.3 Å². The number of carbonyl (C=O) groups is 1. The predicted molar refractivity (Wildman–Crippen MR) is 101 cm³/mol. The fraction of sp³-hybridized carbons (Fsp3) is 0.429. The van der Waals surface area contributed by atoms with Gasteiger partial charge in [-0.3, -0.25) is 15.1 Å². The first-order valence-corrected chi connectivity index (χ1v) is 9.34. The Kier molecular flexibility index (Phi) is 4.41. The molecule has 2 aliphatic heterocycles. The first kappa shape index (κ1) is 17.0. The number of rotatable bonds is 4. The van der Waals surface area contributed by atoms with Gasteiger partial charge in [0.25, 0.3) is 0 Å². The number of amides is 1. The summed E-state index contributed by atoms with van der Waals surface area (Å²) in [7, 11) is 1.89. The SMILES string of the molecule is CCOc1ccc(-c2ccnc([C@H]3CC[C@@]4(CCN(C)C4=O)N3)c2)cc1. The number of hydrogen-bond donors (Lipinski definition) is 1. The average Bonchev–Trinajstić information content (AvgIpc) is 3.23. The molecule has 5 nitrogen and oxygen atoms in total. The Hall–Kier alpha value is -2.40. The highest BCUT2D eigenvalue weighted by molar-refractivity contribution is 5.88. The molecule has 0 unspecified atom stereocenters. The van der Waals surface area contributed by atoms with Gasteiger partial charge >= 0.3 is 0 Å². The second kappa shape index (κ2) is 6.72. The fourth-order valence-electron chi connectivity index (χ4n) is 4.12. The smallest absolute Gasteiger partial charge is 0.242 e. The van der Waals surface area contributed by atoms with Crippen LogP contribution in [-0.2, 0) is 4.79 Å². The summed E-state index contributed by atoms with van der Waals surface area (Å²) >= 11 is 0. The Labute approximate surface area is 154 Å². The molecule has 2 aliphatic rings. The van der Waals surface area contributed by atoms with E-state index in [4.69, 9.17) is 4.74 Å². The summed E-state index contributed by atoms with van der Waals surface area (Å²) in [5.74, 6) is 1.11. The minimum absolute atomic E-state index is 0.132. The van der Waals surface area contributed by atoms with Gasteiger partial charge in [-0.15, -0.1) is 0 Å². The van der Waals surface area contributed by atoms with Crippen molar-refractivity contribution in [2.75, 3.05) is 20.2 Å². The molecular formula is C21H25N3O2. The molecule has 2 saturated heterocycles. The fourth-order valence-corrected chi connectivity index (χ4v) is 4.12. The second-order valence-electron chi connectivity index (χ2n) is 7.22. The van der Waals surface area contributed by atoms with Gasteiger partial charge in [0.05, 0.1) is 18.3 Å². The maximum atomic E-state index is 12.5. The van der Waals surface area contributed by atoms with Crippen molar-refractivity contribution in [1.29, 1.82) is 0 Å². The van der Waals surface area contributed by atoms with Crippen LogP contribution >= 0.6 is 0 Å². The molecule has 0 bridgehead atoms. The highest BCUT2D eigenvalue weighted by Crippen LogP contribution is 2.39. The zero-order valence-electron chi connectivity index (χ0n) is 15.4. The summed E-state index contributed by atoms with van der Waals surface area (Å²) in [4.78, 5) is 18.9. The summed E-state index contributed by atoms with van der Waals surface area (Å²) in [6.07, 6.45) is 4.57.